The minimum absolute atomic E-state index is 0.454. The Balaban J connectivity index is 2.92. The Morgan fingerprint density at radius 2 is 2.10 bits per heavy atom. The number of nitrogens with one attached hydrogen (secondary N) is 1. The van der Waals surface area contributed by atoms with E-state index >= 15 is 0 Å². The van der Waals surface area contributed by atoms with Crippen LogP contribution in [0.5, 0.6) is 0 Å². The van der Waals surface area contributed by atoms with Gasteiger partial charge in [0.15, 0.2) is 0 Å². The lowest BCUT2D eigenvalue weighted by molar-refractivity contribution is 1.01. The van der Waals surface area contributed by atoms with Gasteiger partial charge in [-0.1, -0.05) is 11.6 Å². The molecule has 1 rings (SSSR count). The van der Waals surface area contributed by atoms with Crippen LogP contribution in [0.3, 0.4) is 0 Å². The molecule has 1 heterocycles. The van der Waals surface area contributed by atoms with Crippen molar-refractivity contribution in [2.24, 2.45) is 11.5 Å². The van der Waals surface area contributed by atoms with Crippen LogP contribution in [0, 0.1) is 0 Å². The fourth-order valence-electron chi connectivity index (χ4n) is 0.789. The summed E-state index contributed by atoms with van der Waals surface area (Å²) in [5.41, 5.74) is 12.6. The van der Waals surface area contributed by atoms with E-state index in [-0.39, 0.29) is 0 Å². The lowest BCUT2D eigenvalue weighted by Gasteiger charge is -1.86. The first-order chi connectivity index (χ1) is 4.77. The van der Waals surface area contributed by atoms with Gasteiger partial charge < -0.3 is 16.5 Å². The van der Waals surface area contributed by atoms with E-state index in [4.69, 9.17) is 23.1 Å². The number of H-pyrrole nitrogens is 1. The van der Waals surface area contributed by atoms with Crippen LogP contribution >= 0.6 is 11.6 Å². The van der Waals surface area contributed by atoms with Gasteiger partial charge in [0.25, 0.3) is 0 Å². The fraction of sp³-hybridized carbons (Fsp3) is 0.333. The number of halogens is 1. The number of rotatable bonds is 2. The highest BCUT2D eigenvalue weighted by molar-refractivity contribution is 6.30. The van der Waals surface area contributed by atoms with E-state index in [0.717, 1.165) is 11.3 Å². The van der Waals surface area contributed by atoms with Crippen molar-refractivity contribution < 1.29 is 0 Å². The van der Waals surface area contributed by atoms with Gasteiger partial charge in [0, 0.05) is 24.3 Å². The van der Waals surface area contributed by atoms with Crippen molar-refractivity contribution in [1.82, 2.24) is 4.98 Å². The Labute approximate surface area is 64.4 Å². The highest BCUT2D eigenvalue weighted by Gasteiger charge is 2.01. The van der Waals surface area contributed by atoms with E-state index in [2.05, 4.69) is 4.98 Å². The minimum atomic E-state index is 0.454. The fourth-order valence-corrected chi connectivity index (χ4v) is 1.04. The molecule has 0 saturated heterocycles. The Morgan fingerprint density at radius 3 is 2.40 bits per heavy atom. The number of hydrogen-bond donors (Lipinski definition) is 3. The maximum absolute atomic E-state index is 5.73. The van der Waals surface area contributed by atoms with Gasteiger partial charge in [-0.15, -0.1) is 0 Å². The molecule has 0 spiro atoms. The predicted octanol–water partition coefficient (Wildman–Crippen LogP) is 0.585. The van der Waals surface area contributed by atoms with Crippen molar-refractivity contribution >= 4 is 11.6 Å². The first-order valence-corrected chi connectivity index (χ1v) is 3.42. The largest absolute Gasteiger partial charge is 0.348 e. The highest BCUT2D eigenvalue weighted by atomic mass is 35.5. The second-order valence-electron chi connectivity index (χ2n) is 2.04. The maximum Gasteiger partial charge on any atom is 0.111 e. The van der Waals surface area contributed by atoms with E-state index in [9.17, 15) is 0 Å². The number of aromatic nitrogens is 1. The molecule has 10 heavy (non-hydrogen) atoms. The van der Waals surface area contributed by atoms with Crippen molar-refractivity contribution in [3.63, 3.8) is 0 Å². The van der Waals surface area contributed by atoms with Crippen molar-refractivity contribution in [1.29, 1.82) is 0 Å². The van der Waals surface area contributed by atoms with Crippen molar-refractivity contribution in [3.8, 4) is 0 Å². The molecular weight excluding hydrogens is 150 g/mol. The third-order valence-electron chi connectivity index (χ3n) is 1.34. The van der Waals surface area contributed by atoms with Gasteiger partial charge >= 0.3 is 0 Å². The second kappa shape index (κ2) is 3.05. The molecule has 0 unspecified atom stereocenters. The average Bonchev–Trinajstić information content (AvgIpc) is 2.30. The van der Waals surface area contributed by atoms with Gasteiger partial charge in [-0.05, 0) is 6.07 Å². The van der Waals surface area contributed by atoms with Crippen molar-refractivity contribution in [2.45, 2.75) is 13.1 Å². The summed E-state index contributed by atoms with van der Waals surface area (Å²) < 4.78 is 0. The van der Waals surface area contributed by atoms with Crippen LogP contribution in [0.2, 0.25) is 5.15 Å². The van der Waals surface area contributed by atoms with Gasteiger partial charge in [0.2, 0.25) is 0 Å². The standard InChI is InChI=1S/C6H10ClN3/c7-6-4(2-8)1-5(3-9)10-6/h1,10H,2-3,8-9H2. The van der Waals surface area contributed by atoms with Gasteiger partial charge in [-0.2, -0.15) is 0 Å². The third-order valence-corrected chi connectivity index (χ3v) is 1.68. The number of hydrogen-bond acceptors (Lipinski definition) is 2. The van der Waals surface area contributed by atoms with E-state index in [1.165, 1.54) is 0 Å². The molecule has 0 atom stereocenters. The van der Waals surface area contributed by atoms with Gasteiger partial charge in [0.05, 0.1) is 0 Å². The lowest BCUT2D eigenvalue weighted by atomic mass is 10.3. The smallest absolute Gasteiger partial charge is 0.111 e. The quantitative estimate of drug-likeness (QED) is 0.591. The summed E-state index contributed by atoms with van der Waals surface area (Å²) in [7, 11) is 0. The first-order valence-electron chi connectivity index (χ1n) is 3.04. The molecule has 5 N–H and O–H groups in total. The molecule has 0 aliphatic carbocycles. The molecule has 56 valence electrons. The highest BCUT2D eigenvalue weighted by Crippen LogP contribution is 2.14. The van der Waals surface area contributed by atoms with Crippen molar-refractivity contribution in [3.05, 3.63) is 22.5 Å². The molecule has 0 aromatic carbocycles. The molecule has 3 nitrogen and oxygen atoms in total. The zero-order valence-electron chi connectivity index (χ0n) is 5.52. The normalized spacial score (nSPS) is 10.3. The molecule has 0 radical (unpaired) electrons. The maximum atomic E-state index is 5.73. The average molecular weight is 160 g/mol. The Bertz CT molecular complexity index is 219. The zero-order valence-corrected chi connectivity index (χ0v) is 6.28. The van der Waals surface area contributed by atoms with Gasteiger partial charge in [0.1, 0.15) is 5.15 Å². The summed E-state index contributed by atoms with van der Waals surface area (Å²) in [6.45, 7) is 0.926. The summed E-state index contributed by atoms with van der Waals surface area (Å²) in [5.74, 6) is 0. The summed E-state index contributed by atoms with van der Waals surface area (Å²) in [6.07, 6.45) is 0. The van der Waals surface area contributed by atoms with Crippen molar-refractivity contribution in [2.75, 3.05) is 0 Å². The van der Waals surface area contributed by atoms with Crippen LogP contribution in [0.1, 0.15) is 11.3 Å². The molecule has 0 amide bonds. The lowest BCUT2D eigenvalue weighted by Crippen LogP contribution is -1.96. The molecule has 4 heteroatoms. The molecule has 1 aromatic rings. The van der Waals surface area contributed by atoms with Crippen LogP contribution in [-0.4, -0.2) is 4.98 Å². The first kappa shape index (κ1) is 7.60. The molecular formula is C6H10ClN3. The van der Waals surface area contributed by atoms with E-state index in [1.54, 1.807) is 0 Å². The molecule has 0 fully saturated rings. The molecule has 0 saturated carbocycles. The summed E-state index contributed by atoms with van der Waals surface area (Å²) in [5, 5.41) is 0.600. The Kier molecular flexibility index (Phi) is 2.32. The van der Waals surface area contributed by atoms with Crippen LogP contribution in [-0.2, 0) is 13.1 Å². The SMILES string of the molecule is NCc1cc(CN)c(Cl)[nH]1. The Morgan fingerprint density at radius 1 is 1.40 bits per heavy atom. The summed E-state index contributed by atoms with van der Waals surface area (Å²) in [4.78, 5) is 2.91. The molecule has 1 aromatic heterocycles. The van der Waals surface area contributed by atoms with E-state index in [1.807, 2.05) is 6.07 Å². The summed E-state index contributed by atoms with van der Waals surface area (Å²) in [6, 6.07) is 1.88. The monoisotopic (exact) mass is 159 g/mol. The van der Waals surface area contributed by atoms with Gasteiger partial charge in [-0.3, -0.25) is 0 Å². The number of aromatic amines is 1. The molecule has 0 aliphatic heterocycles. The number of nitrogens with two attached hydrogens (primary N) is 2. The Hall–Kier alpha value is -0.510. The van der Waals surface area contributed by atoms with Crippen LogP contribution in [0.15, 0.2) is 6.07 Å². The zero-order chi connectivity index (χ0) is 7.56. The van der Waals surface area contributed by atoms with Crippen LogP contribution < -0.4 is 11.5 Å². The topological polar surface area (TPSA) is 67.8 Å². The van der Waals surface area contributed by atoms with E-state index in [0.29, 0.717) is 18.2 Å². The van der Waals surface area contributed by atoms with E-state index < -0.39 is 0 Å². The predicted molar refractivity (Wildman–Crippen MR) is 41.6 cm³/mol. The van der Waals surface area contributed by atoms with Gasteiger partial charge in [-0.25, -0.2) is 0 Å². The summed E-state index contributed by atoms with van der Waals surface area (Å²) >= 11 is 5.73. The third kappa shape index (κ3) is 1.31. The second-order valence-corrected chi connectivity index (χ2v) is 2.42. The molecule has 0 aliphatic rings. The minimum Gasteiger partial charge on any atom is -0.348 e. The molecule has 0 bridgehead atoms. The van der Waals surface area contributed by atoms with Crippen LogP contribution in [0.25, 0.3) is 0 Å². The van der Waals surface area contributed by atoms with Crippen LogP contribution in [0.4, 0.5) is 0 Å².